The fraction of sp³-hybridized carbons (Fsp3) is 0.636. The van der Waals surface area contributed by atoms with Crippen molar-refractivity contribution in [3.8, 4) is 0 Å². The Balaban J connectivity index is 1.79. The smallest absolute Gasteiger partial charge is 0.326 e. The van der Waals surface area contributed by atoms with E-state index in [0.717, 1.165) is 6.42 Å². The van der Waals surface area contributed by atoms with Crippen LogP contribution >= 0.6 is 0 Å². The van der Waals surface area contributed by atoms with Gasteiger partial charge in [0, 0.05) is 26.6 Å². The molecule has 8 nitrogen and oxygen atoms in total. The molecule has 0 spiro atoms. The number of hydrogen-bond acceptors (Lipinski definition) is 4. The quantitative estimate of drug-likeness (QED) is 0.774. The molecular weight excluding hydrogens is 250 g/mol. The van der Waals surface area contributed by atoms with Gasteiger partial charge >= 0.3 is 12.0 Å². The van der Waals surface area contributed by atoms with E-state index < -0.39 is 12.0 Å². The molecule has 1 aliphatic heterocycles. The van der Waals surface area contributed by atoms with Crippen molar-refractivity contribution in [1.82, 2.24) is 25.0 Å². The molecule has 0 saturated carbocycles. The number of carboxylic acids is 1. The van der Waals surface area contributed by atoms with Crippen molar-refractivity contribution in [2.24, 2.45) is 7.05 Å². The van der Waals surface area contributed by atoms with Gasteiger partial charge in [0.05, 0.1) is 0 Å². The zero-order valence-corrected chi connectivity index (χ0v) is 10.7. The number of rotatable bonds is 4. The Morgan fingerprint density at radius 1 is 1.58 bits per heavy atom. The minimum Gasteiger partial charge on any atom is -0.480 e. The molecule has 1 atom stereocenters. The third-order valence-corrected chi connectivity index (χ3v) is 3.07. The van der Waals surface area contributed by atoms with Crippen molar-refractivity contribution in [3.63, 3.8) is 0 Å². The Morgan fingerprint density at radius 2 is 2.37 bits per heavy atom. The van der Waals surface area contributed by atoms with Crippen LogP contribution in [0.5, 0.6) is 0 Å². The Labute approximate surface area is 110 Å². The molecule has 104 valence electrons. The molecule has 1 aliphatic rings. The van der Waals surface area contributed by atoms with Gasteiger partial charge in [0.1, 0.15) is 12.4 Å². The predicted molar refractivity (Wildman–Crippen MR) is 65.5 cm³/mol. The van der Waals surface area contributed by atoms with Crippen LogP contribution in [0.4, 0.5) is 4.79 Å². The first-order valence-corrected chi connectivity index (χ1v) is 6.19. The summed E-state index contributed by atoms with van der Waals surface area (Å²) in [5.41, 5.74) is 0. The maximum Gasteiger partial charge on any atom is 0.326 e. The number of amides is 2. The summed E-state index contributed by atoms with van der Waals surface area (Å²) in [6, 6.07) is -1.03. The van der Waals surface area contributed by atoms with Gasteiger partial charge in [-0.2, -0.15) is 5.10 Å². The van der Waals surface area contributed by atoms with Crippen molar-refractivity contribution in [1.29, 1.82) is 0 Å². The van der Waals surface area contributed by atoms with Crippen LogP contribution in [0.25, 0.3) is 0 Å². The molecule has 1 fully saturated rings. The molecule has 1 aromatic heterocycles. The van der Waals surface area contributed by atoms with Crippen molar-refractivity contribution >= 4 is 12.0 Å². The summed E-state index contributed by atoms with van der Waals surface area (Å²) in [4.78, 5) is 28.2. The molecule has 2 amide bonds. The number of nitrogens with one attached hydrogen (secondary N) is 1. The van der Waals surface area contributed by atoms with Gasteiger partial charge in [-0.05, 0) is 12.8 Å². The van der Waals surface area contributed by atoms with E-state index in [1.165, 1.54) is 4.90 Å². The lowest BCUT2D eigenvalue weighted by Crippen LogP contribution is -2.46. The van der Waals surface area contributed by atoms with Crippen LogP contribution in [0.2, 0.25) is 0 Å². The number of urea groups is 1. The molecule has 0 radical (unpaired) electrons. The number of nitrogens with zero attached hydrogens (tertiary/aromatic N) is 4. The standard InChI is InChI=1S/C11H17N5O3/c1-15-7-13-9(14-15)4-5-12-11(19)16-6-2-3-8(16)10(17)18/h7-8H,2-6H2,1H3,(H,12,19)(H,17,18)/t8-/m1/s1. The van der Waals surface area contributed by atoms with E-state index in [2.05, 4.69) is 15.4 Å². The number of carbonyl (C=O) groups is 2. The van der Waals surface area contributed by atoms with E-state index in [4.69, 9.17) is 5.11 Å². The highest BCUT2D eigenvalue weighted by Crippen LogP contribution is 2.17. The lowest BCUT2D eigenvalue weighted by molar-refractivity contribution is -0.141. The average Bonchev–Trinajstić information content (AvgIpc) is 2.97. The van der Waals surface area contributed by atoms with Crippen LogP contribution in [0, 0.1) is 0 Å². The Kier molecular flexibility index (Phi) is 3.98. The van der Waals surface area contributed by atoms with Crippen molar-refractivity contribution in [2.75, 3.05) is 13.1 Å². The SMILES string of the molecule is Cn1cnc(CCNC(=O)N2CCC[C@@H]2C(=O)O)n1. The van der Waals surface area contributed by atoms with Gasteiger partial charge in [-0.15, -0.1) is 0 Å². The van der Waals surface area contributed by atoms with E-state index >= 15 is 0 Å². The normalized spacial score (nSPS) is 18.6. The van der Waals surface area contributed by atoms with Crippen LogP contribution in [0.15, 0.2) is 6.33 Å². The molecule has 1 aromatic rings. The largest absolute Gasteiger partial charge is 0.480 e. The number of carbonyl (C=O) groups excluding carboxylic acids is 1. The second-order valence-corrected chi connectivity index (χ2v) is 4.51. The van der Waals surface area contributed by atoms with Gasteiger partial charge in [-0.1, -0.05) is 0 Å². The highest BCUT2D eigenvalue weighted by Gasteiger charge is 2.33. The zero-order chi connectivity index (χ0) is 13.8. The minimum absolute atomic E-state index is 0.333. The van der Waals surface area contributed by atoms with Gasteiger partial charge < -0.3 is 15.3 Å². The molecule has 19 heavy (non-hydrogen) atoms. The van der Waals surface area contributed by atoms with Gasteiger partial charge in [0.25, 0.3) is 0 Å². The Morgan fingerprint density at radius 3 is 3.00 bits per heavy atom. The highest BCUT2D eigenvalue weighted by atomic mass is 16.4. The number of hydrogen-bond donors (Lipinski definition) is 2. The molecule has 2 N–H and O–H groups in total. The molecule has 0 aliphatic carbocycles. The second-order valence-electron chi connectivity index (χ2n) is 4.51. The molecule has 0 bridgehead atoms. The summed E-state index contributed by atoms with van der Waals surface area (Å²) in [6.07, 6.45) is 3.37. The Bertz CT molecular complexity index is 473. The summed E-state index contributed by atoms with van der Waals surface area (Å²) < 4.78 is 1.60. The lowest BCUT2D eigenvalue weighted by Gasteiger charge is -2.21. The summed E-state index contributed by atoms with van der Waals surface area (Å²) in [5.74, 6) is -0.293. The van der Waals surface area contributed by atoms with Crippen LogP contribution in [0.3, 0.4) is 0 Å². The number of carboxylic acid groups (broad SMARTS) is 1. The first-order valence-electron chi connectivity index (χ1n) is 6.19. The van der Waals surface area contributed by atoms with E-state index in [1.54, 1.807) is 18.1 Å². The fourth-order valence-electron chi connectivity index (χ4n) is 2.15. The monoisotopic (exact) mass is 267 g/mol. The lowest BCUT2D eigenvalue weighted by atomic mass is 10.2. The van der Waals surface area contributed by atoms with Crippen LogP contribution < -0.4 is 5.32 Å². The topological polar surface area (TPSA) is 100 Å². The van der Waals surface area contributed by atoms with Crippen LogP contribution in [-0.2, 0) is 18.3 Å². The predicted octanol–water partition coefficient (Wildman–Crippen LogP) is -0.384. The maximum atomic E-state index is 11.9. The van der Waals surface area contributed by atoms with Crippen molar-refractivity contribution in [3.05, 3.63) is 12.2 Å². The molecule has 1 saturated heterocycles. The average molecular weight is 267 g/mol. The van der Waals surface area contributed by atoms with Gasteiger partial charge in [-0.3, -0.25) is 4.68 Å². The van der Waals surface area contributed by atoms with Crippen LogP contribution in [-0.4, -0.2) is 55.9 Å². The number of aromatic nitrogens is 3. The zero-order valence-electron chi connectivity index (χ0n) is 10.7. The third-order valence-electron chi connectivity index (χ3n) is 3.07. The fourth-order valence-corrected chi connectivity index (χ4v) is 2.15. The van der Waals surface area contributed by atoms with E-state index in [1.807, 2.05) is 0 Å². The van der Waals surface area contributed by atoms with Gasteiger partial charge in [0.2, 0.25) is 0 Å². The summed E-state index contributed by atoms with van der Waals surface area (Å²) in [6.45, 7) is 0.885. The number of likely N-dealkylation sites (tertiary alicyclic amines) is 1. The van der Waals surface area contributed by atoms with E-state index in [-0.39, 0.29) is 6.03 Å². The van der Waals surface area contributed by atoms with Gasteiger partial charge in [-0.25, -0.2) is 14.6 Å². The van der Waals surface area contributed by atoms with Crippen LogP contribution in [0.1, 0.15) is 18.7 Å². The number of aryl methyl sites for hydroxylation is 1. The maximum absolute atomic E-state index is 11.9. The van der Waals surface area contributed by atoms with E-state index in [9.17, 15) is 9.59 Å². The Hall–Kier alpha value is -2.12. The molecule has 0 unspecified atom stereocenters. The summed E-state index contributed by atoms with van der Waals surface area (Å²) in [7, 11) is 1.77. The molecule has 2 heterocycles. The van der Waals surface area contributed by atoms with E-state index in [0.29, 0.717) is 31.8 Å². The third kappa shape index (κ3) is 3.21. The summed E-state index contributed by atoms with van der Waals surface area (Å²) >= 11 is 0. The molecule has 8 heteroatoms. The summed E-state index contributed by atoms with van der Waals surface area (Å²) in [5, 5.41) is 15.8. The molecule has 0 aromatic carbocycles. The van der Waals surface area contributed by atoms with Crippen molar-refractivity contribution in [2.45, 2.75) is 25.3 Å². The van der Waals surface area contributed by atoms with Gasteiger partial charge in [0.15, 0.2) is 5.82 Å². The minimum atomic E-state index is -0.945. The first kappa shape index (κ1) is 13.3. The van der Waals surface area contributed by atoms with Crippen molar-refractivity contribution < 1.29 is 14.7 Å². The number of aliphatic carboxylic acids is 1. The molecular formula is C11H17N5O3. The molecule has 2 rings (SSSR count). The first-order chi connectivity index (χ1) is 9.08. The second kappa shape index (κ2) is 5.68. The highest BCUT2D eigenvalue weighted by molar-refractivity contribution is 5.83.